The second-order valence-electron chi connectivity index (χ2n) is 4.06. The van der Waals surface area contributed by atoms with Crippen molar-refractivity contribution in [2.75, 3.05) is 5.32 Å². The summed E-state index contributed by atoms with van der Waals surface area (Å²) in [4.78, 5) is 11.9. The van der Waals surface area contributed by atoms with Crippen LogP contribution in [0, 0.1) is 11.6 Å². The summed E-state index contributed by atoms with van der Waals surface area (Å²) in [5.74, 6) is -2.04. The molecule has 1 rings (SSSR count). The molecule has 0 aromatic heterocycles. The minimum Gasteiger partial charge on any atom is -0.322 e. The molecule has 100 valence electrons. The van der Waals surface area contributed by atoms with Gasteiger partial charge in [-0.2, -0.15) is 0 Å². The monoisotopic (exact) mass is 320 g/mol. The van der Waals surface area contributed by atoms with Gasteiger partial charge in [-0.3, -0.25) is 4.79 Å². The number of benzene rings is 1. The topological polar surface area (TPSA) is 55.1 Å². The van der Waals surface area contributed by atoms with Gasteiger partial charge < -0.3 is 11.1 Å². The average Bonchev–Trinajstić information content (AvgIpc) is 2.34. The summed E-state index contributed by atoms with van der Waals surface area (Å²) < 4.78 is 26.6. The lowest BCUT2D eigenvalue weighted by molar-refractivity contribution is -0.121. The molecule has 0 bridgehead atoms. The van der Waals surface area contributed by atoms with Gasteiger partial charge in [-0.05, 0) is 34.8 Å². The smallest absolute Gasteiger partial charge is 0.244 e. The lowest BCUT2D eigenvalue weighted by atomic mass is 9.93. The standard InChI is InChI=1S/C12H15BrF2N2O/c1-3-12(16,4-2)11(18)17-10-5-7(13)8(14)6-9(10)15/h5-6H,3-4,16H2,1-2H3,(H,17,18). The highest BCUT2D eigenvalue weighted by molar-refractivity contribution is 9.10. The second-order valence-corrected chi connectivity index (χ2v) is 4.92. The molecule has 6 heteroatoms. The Bertz CT molecular complexity index is 462. The van der Waals surface area contributed by atoms with Gasteiger partial charge in [0.15, 0.2) is 0 Å². The van der Waals surface area contributed by atoms with Crippen LogP contribution in [0.4, 0.5) is 14.5 Å². The molecule has 0 saturated carbocycles. The SMILES string of the molecule is CCC(N)(CC)C(=O)Nc1cc(Br)c(F)cc1F. The van der Waals surface area contributed by atoms with E-state index in [1.165, 1.54) is 6.07 Å². The molecule has 1 amide bonds. The highest BCUT2D eigenvalue weighted by Gasteiger charge is 2.30. The van der Waals surface area contributed by atoms with Gasteiger partial charge in [0.1, 0.15) is 11.6 Å². The fourth-order valence-electron chi connectivity index (χ4n) is 1.44. The minimum absolute atomic E-state index is 0.0785. The van der Waals surface area contributed by atoms with Crippen molar-refractivity contribution in [3.63, 3.8) is 0 Å². The number of nitrogens with two attached hydrogens (primary N) is 1. The summed E-state index contributed by atoms with van der Waals surface area (Å²) in [6.45, 7) is 3.56. The number of amides is 1. The Morgan fingerprint density at radius 3 is 2.39 bits per heavy atom. The van der Waals surface area contributed by atoms with Gasteiger partial charge in [0, 0.05) is 6.07 Å². The van der Waals surface area contributed by atoms with Gasteiger partial charge in [0.05, 0.1) is 15.7 Å². The summed E-state index contributed by atoms with van der Waals surface area (Å²) in [7, 11) is 0. The number of hydrogen-bond acceptors (Lipinski definition) is 2. The Morgan fingerprint density at radius 1 is 1.33 bits per heavy atom. The predicted octanol–water partition coefficient (Wildman–Crippen LogP) is 3.18. The maximum absolute atomic E-state index is 13.5. The van der Waals surface area contributed by atoms with Crippen molar-refractivity contribution in [3.8, 4) is 0 Å². The van der Waals surface area contributed by atoms with Crippen LogP contribution in [0.25, 0.3) is 0 Å². The predicted molar refractivity (Wildman–Crippen MR) is 70.2 cm³/mol. The Kier molecular flexibility index (Phi) is 4.81. The Morgan fingerprint density at radius 2 is 1.89 bits per heavy atom. The van der Waals surface area contributed by atoms with E-state index in [2.05, 4.69) is 21.2 Å². The molecule has 0 aliphatic heterocycles. The normalized spacial score (nSPS) is 11.4. The number of hydrogen-bond donors (Lipinski definition) is 2. The zero-order valence-corrected chi connectivity index (χ0v) is 11.8. The number of rotatable bonds is 4. The van der Waals surface area contributed by atoms with Crippen molar-refractivity contribution in [3.05, 3.63) is 28.2 Å². The largest absolute Gasteiger partial charge is 0.322 e. The van der Waals surface area contributed by atoms with Crippen LogP contribution >= 0.6 is 15.9 Å². The second kappa shape index (κ2) is 5.75. The van der Waals surface area contributed by atoms with Crippen molar-refractivity contribution in [1.82, 2.24) is 0 Å². The third kappa shape index (κ3) is 3.05. The molecule has 0 unspecified atom stereocenters. The van der Waals surface area contributed by atoms with E-state index in [9.17, 15) is 13.6 Å². The van der Waals surface area contributed by atoms with Crippen LogP contribution in [-0.4, -0.2) is 11.4 Å². The molecule has 0 heterocycles. The highest BCUT2D eigenvalue weighted by atomic mass is 79.9. The molecular weight excluding hydrogens is 306 g/mol. The van der Waals surface area contributed by atoms with Gasteiger partial charge in [0.2, 0.25) is 5.91 Å². The first-order valence-electron chi connectivity index (χ1n) is 5.59. The third-order valence-electron chi connectivity index (χ3n) is 2.97. The van der Waals surface area contributed by atoms with Crippen LogP contribution in [0.1, 0.15) is 26.7 Å². The van der Waals surface area contributed by atoms with E-state index in [-0.39, 0.29) is 10.2 Å². The molecule has 3 nitrogen and oxygen atoms in total. The van der Waals surface area contributed by atoms with E-state index in [4.69, 9.17) is 5.73 Å². The van der Waals surface area contributed by atoms with Crippen molar-refractivity contribution in [2.45, 2.75) is 32.2 Å². The lowest BCUT2D eigenvalue weighted by Crippen LogP contribution is -2.50. The first-order valence-corrected chi connectivity index (χ1v) is 6.38. The number of anilines is 1. The molecule has 1 aromatic rings. The molecule has 18 heavy (non-hydrogen) atoms. The molecule has 0 saturated heterocycles. The van der Waals surface area contributed by atoms with Gasteiger partial charge in [-0.25, -0.2) is 8.78 Å². The summed E-state index contributed by atoms with van der Waals surface area (Å²) in [5, 5.41) is 2.39. The summed E-state index contributed by atoms with van der Waals surface area (Å²) in [5.41, 5.74) is 4.74. The maximum Gasteiger partial charge on any atom is 0.244 e. The maximum atomic E-state index is 13.5. The highest BCUT2D eigenvalue weighted by Crippen LogP contribution is 2.25. The molecule has 1 aromatic carbocycles. The molecule has 0 atom stereocenters. The Labute approximate surface area is 113 Å². The van der Waals surface area contributed by atoms with Gasteiger partial charge in [-0.1, -0.05) is 13.8 Å². The van der Waals surface area contributed by atoms with Crippen molar-refractivity contribution >= 4 is 27.5 Å². The van der Waals surface area contributed by atoms with Gasteiger partial charge >= 0.3 is 0 Å². The summed E-state index contributed by atoms with van der Waals surface area (Å²) in [6, 6.07) is 1.88. The van der Waals surface area contributed by atoms with Crippen molar-refractivity contribution in [1.29, 1.82) is 0 Å². The molecule has 0 radical (unpaired) electrons. The Hall–Kier alpha value is -1.01. The molecule has 0 aliphatic rings. The fourth-order valence-corrected chi connectivity index (χ4v) is 1.78. The fraction of sp³-hybridized carbons (Fsp3) is 0.417. The molecule has 0 spiro atoms. The minimum atomic E-state index is -1.05. The van der Waals surface area contributed by atoms with E-state index < -0.39 is 23.1 Å². The van der Waals surface area contributed by atoms with E-state index in [0.29, 0.717) is 18.9 Å². The van der Waals surface area contributed by atoms with E-state index in [0.717, 1.165) is 0 Å². The van der Waals surface area contributed by atoms with Crippen LogP contribution in [-0.2, 0) is 4.79 Å². The zero-order valence-electron chi connectivity index (χ0n) is 10.2. The van der Waals surface area contributed by atoms with Crippen LogP contribution in [0.2, 0.25) is 0 Å². The molecular formula is C12H15BrF2N2O. The van der Waals surface area contributed by atoms with E-state index in [1.54, 1.807) is 13.8 Å². The summed E-state index contributed by atoms with van der Waals surface area (Å²) in [6.07, 6.45) is 0.860. The van der Waals surface area contributed by atoms with E-state index >= 15 is 0 Å². The third-order valence-corrected chi connectivity index (χ3v) is 3.58. The van der Waals surface area contributed by atoms with Gasteiger partial charge in [0.25, 0.3) is 0 Å². The number of nitrogens with one attached hydrogen (secondary N) is 1. The molecule has 0 fully saturated rings. The first kappa shape index (κ1) is 15.0. The molecule has 0 aliphatic carbocycles. The Balaban J connectivity index is 2.98. The van der Waals surface area contributed by atoms with Crippen LogP contribution in [0.5, 0.6) is 0 Å². The van der Waals surface area contributed by atoms with Crippen LogP contribution in [0.3, 0.4) is 0 Å². The van der Waals surface area contributed by atoms with E-state index in [1.807, 2.05) is 0 Å². The number of carbonyl (C=O) groups is 1. The van der Waals surface area contributed by atoms with Gasteiger partial charge in [-0.15, -0.1) is 0 Å². The number of halogens is 3. The van der Waals surface area contributed by atoms with Crippen molar-refractivity contribution in [2.24, 2.45) is 5.73 Å². The molecule has 3 N–H and O–H groups in total. The van der Waals surface area contributed by atoms with Crippen LogP contribution < -0.4 is 11.1 Å². The van der Waals surface area contributed by atoms with Crippen molar-refractivity contribution < 1.29 is 13.6 Å². The first-order chi connectivity index (χ1) is 8.34. The zero-order chi connectivity index (χ0) is 13.9. The average molecular weight is 321 g/mol. The van der Waals surface area contributed by atoms with Crippen LogP contribution in [0.15, 0.2) is 16.6 Å². The lowest BCUT2D eigenvalue weighted by Gasteiger charge is -2.25. The number of carbonyl (C=O) groups excluding carboxylic acids is 1. The summed E-state index contributed by atoms with van der Waals surface area (Å²) >= 11 is 2.93. The quantitative estimate of drug-likeness (QED) is 0.837.